The molecule has 0 spiro atoms. The van der Waals surface area contributed by atoms with Crippen molar-refractivity contribution < 1.29 is 0 Å². The number of hydrogen-bond donors (Lipinski definition) is 0. The van der Waals surface area contributed by atoms with Crippen LogP contribution in [-0.2, 0) is 0 Å². The first-order chi connectivity index (χ1) is 15.8. The Labute approximate surface area is 195 Å². The molecule has 0 fully saturated rings. The summed E-state index contributed by atoms with van der Waals surface area (Å²) < 4.78 is 0. The fourth-order valence-corrected chi connectivity index (χ4v) is 9.33. The fraction of sp³-hybridized carbons (Fsp3) is 0. The van der Waals surface area contributed by atoms with Gasteiger partial charge in [0, 0.05) is 30.2 Å². The summed E-state index contributed by atoms with van der Waals surface area (Å²) in [5.41, 5.74) is 4.88. The van der Waals surface area contributed by atoms with Crippen molar-refractivity contribution in [2.75, 3.05) is 0 Å². The first-order valence-corrected chi connectivity index (χ1v) is 12.7. The zero-order valence-corrected chi connectivity index (χ0v) is 19.0. The molecule has 0 radical (unpaired) electrons. The molecule has 0 nitrogen and oxygen atoms in total. The maximum atomic E-state index is 6.61. The molecule has 5 aromatic carbocycles. The Balaban J connectivity index is 1.74. The number of fused-ring (bicyclic) bond motifs is 3. The topological polar surface area (TPSA) is 0 Å². The molecule has 0 saturated heterocycles. The van der Waals surface area contributed by atoms with Gasteiger partial charge in [0.2, 0.25) is 0 Å². The van der Waals surface area contributed by atoms with Crippen LogP contribution in [-0.4, -0.2) is 0 Å². The molecule has 1 aliphatic heterocycles. The summed E-state index contributed by atoms with van der Waals surface area (Å²) >= 11 is 6.61. The van der Waals surface area contributed by atoms with Gasteiger partial charge in [-0.05, 0) is 59.2 Å². The fourth-order valence-electron chi connectivity index (χ4n) is 4.83. The molecule has 1 heterocycles. The third-order valence-corrected chi connectivity index (χ3v) is 10.5. The molecule has 32 heavy (non-hydrogen) atoms. The van der Waals surface area contributed by atoms with Crippen molar-refractivity contribution in [2.24, 2.45) is 0 Å². The van der Waals surface area contributed by atoms with Crippen LogP contribution < -0.4 is 0 Å². The molecular formula is C30H21ClS. The third kappa shape index (κ3) is 2.79. The second-order valence-electron chi connectivity index (χ2n) is 7.93. The molecule has 0 aliphatic carbocycles. The summed E-state index contributed by atoms with van der Waals surface area (Å²) in [6.45, 7) is 0. The molecule has 0 N–H and O–H groups in total. The second kappa shape index (κ2) is 7.70. The molecule has 0 amide bonds. The van der Waals surface area contributed by atoms with E-state index in [1.165, 1.54) is 30.7 Å². The van der Waals surface area contributed by atoms with Crippen molar-refractivity contribution in [1.82, 2.24) is 0 Å². The number of halogens is 1. The van der Waals surface area contributed by atoms with E-state index in [0.29, 0.717) is 0 Å². The van der Waals surface area contributed by atoms with Gasteiger partial charge < -0.3 is 0 Å². The van der Waals surface area contributed by atoms with Gasteiger partial charge in [-0.1, -0.05) is 96.5 Å². The van der Waals surface area contributed by atoms with Gasteiger partial charge in [0.25, 0.3) is 0 Å². The minimum absolute atomic E-state index is 0.781. The Morgan fingerprint density at radius 3 is 1.62 bits per heavy atom. The highest BCUT2D eigenvalue weighted by atomic mass is 35.5. The van der Waals surface area contributed by atoms with Gasteiger partial charge in [-0.15, -0.1) is 10.0 Å². The Morgan fingerprint density at radius 2 is 0.969 bits per heavy atom. The summed E-state index contributed by atoms with van der Waals surface area (Å²) in [5, 5.41) is 0.781. The van der Waals surface area contributed by atoms with Crippen molar-refractivity contribution in [3.05, 3.63) is 132 Å². The van der Waals surface area contributed by atoms with Gasteiger partial charge in [0.1, 0.15) is 0 Å². The maximum absolute atomic E-state index is 6.61. The lowest BCUT2D eigenvalue weighted by atomic mass is 10.0. The van der Waals surface area contributed by atoms with Gasteiger partial charge in [-0.25, -0.2) is 0 Å². The van der Waals surface area contributed by atoms with Crippen LogP contribution in [0.25, 0.3) is 22.3 Å². The summed E-state index contributed by atoms with van der Waals surface area (Å²) in [6, 6.07) is 45.9. The van der Waals surface area contributed by atoms with Crippen molar-refractivity contribution in [3.8, 4) is 22.3 Å². The first kappa shape index (κ1) is 19.4. The predicted molar refractivity (Wildman–Crippen MR) is 136 cm³/mol. The van der Waals surface area contributed by atoms with E-state index < -0.39 is 10.0 Å². The lowest BCUT2D eigenvalue weighted by Gasteiger charge is -2.39. The van der Waals surface area contributed by atoms with E-state index in [-0.39, 0.29) is 0 Å². The average molecular weight is 449 g/mol. The third-order valence-electron chi connectivity index (χ3n) is 6.20. The van der Waals surface area contributed by atoms with Crippen LogP contribution in [0.15, 0.2) is 147 Å². The van der Waals surface area contributed by atoms with Crippen molar-refractivity contribution >= 4 is 21.6 Å². The van der Waals surface area contributed by atoms with Crippen LogP contribution in [0.2, 0.25) is 5.02 Å². The number of hydrogen-bond acceptors (Lipinski definition) is 0. The number of rotatable bonds is 3. The molecule has 1 aliphatic rings. The standard InChI is InChI=1S/C30H21ClS/c31-28-17-9-7-15-25(28)22-19-20-27-26-16-8-10-18-29(26)32(30(27)21-22,23-11-3-1-4-12-23)24-13-5-2-6-14-24/h1-21H. The molecule has 0 saturated carbocycles. The average Bonchev–Trinajstić information content (AvgIpc) is 3.16. The lowest BCUT2D eigenvalue weighted by Crippen LogP contribution is -2.01. The largest absolute Gasteiger partial charge is 0.132 e. The molecule has 0 unspecified atom stereocenters. The van der Waals surface area contributed by atoms with Crippen molar-refractivity contribution in [1.29, 1.82) is 0 Å². The summed E-state index contributed by atoms with van der Waals surface area (Å²) in [7, 11) is -1.62. The minimum atomic E-state index is -1.62. The molecular weight excluding hydrogens is 428 g/mol. The molecule has 0 aromatic heterocycles. The zero-order valence-electron chi connectivity index (χ0n) is 17.4. The second-order valence-corrected chi connectivity index (χ2v) is 11.4. The van der Waals surface area contributed by atoms with Crippen LogP contribution in [0.3, 0.4) is 0 Å². The summed E-state index contributed by atoms with van der Waals surface area (Å²) in [6.07, 6.45) is 0. The Morgan fingerprint density at radius 1 is 0.438 bits per heavy atom. The van der Waals surface area contributed by atoms with Gasteiger partial charge in [0.15, 0.2) is 0 Å². The Bertz CT molecular complexity index is 1380. The van der Waals surface area contributed by atoms with Gasteiger partial charge in [-0.3, -0.25) is 0 Å². The molecule has 0 atom stereocenters. The van der Waals surface area contributed by atoms with E-state index in [4.69, 9.17) is 11.6 Å². The summed E-state index contributed by atoms with van der Waals surface area (Å²) in [5.74, 6) is 0. The van der Waals surface area contributed by atoms with Crippen LogP contribution in [0.5, 0.6) is 0 Å². The monoisotopic (exact) mass is 448 g/mol. The van der Waals surface area contributed by atoms with Gasteiger partial charge in [0.05, 0.1) is 0 Å². The van der Waals surface area contributed by atoms with E-state index in [2.05, 4.69) is 115 Å². The van der Waals surface area contributed by atoms with Gasteiger partial charge in [-0.2, -0.15) is 0 Å². The SMILES string of the molecule is Clc1ccccc1-c1ccc2c(c1)S(c1ccccc1)(c1ccccc1)c1ccccc1-2. The smallest absolute Gasteiger partial charge is 0.0484 e. The zero-order chi connectivity index (χ0) is 21.5. The van der Waals surface area contributed by atoms with E-state index >= 15 is 0 Å². The first-order valence-electron chi connectivity index (χ1n) is 10.7. The summed E-state index contributed by atoms with van der Waals surface area (Å²) in [4.78, 5) is 5.50. The van der Waals surface area contributed by atoms with Crippen LogP contribution in [0.1, 0.15) is 0 Å². The maximum Gasteiger partial charge on any atom is 0.0484 e. The number of benzene rings is 5. The van der Waals surface area contributed by atoms with Crippen molar-refractivity contribution in [2.45, 2.75) is 19.6 Å². The van der Waals surface area contributed by atoms with E-state index in [0.717, 1.165) is 16.1 Å². The highest BCUT2D eigenvalue weighted by Crippen LogP contribution is 2.80. The lowest BCUT2D eigenvalue weighted by molar-refractivity contribution is 1.29. The highest BCUT2D eigenvalue weighted by molar-refractivity contribution is 8.34. The molecule has 5 aromatic rings. The van der Waals surface area contributed by atoms with E-state index in [1.807, 2.05) is 12.1 Å². The Hall–Kier alpha value is -3.26. The Kier molecular flexibility index (Phi) is 4.68. The van der Waals surface area contributed by atoms with Crippen LogP contribution >= 0.6 is 21.6 Å². The quantitative estimate of drug-likeness (QED) is 0.253. The minimum Gasteiger partial charge on any atom is -0.132 e. The van der Waals surface area contributed by atoms with Gasteiger partial charge >= 0.3 is 0 Å². The molecule has 2 heteroatoms. The highest BCUT2D eigenvalue weighted by Gasteiger charge is 2.41. The van der Waals surface area contributed by atoms with E-state index in [1.54, 1.807) is 0 Å². The normalized spacial score (nSPS) is 14.4. The molecule has 154 valence electrons. The van der Waals surface area contributed by atoms with E-state index in [9.17, 15) is 0 Å². The predicted octanol–water partition coefficient (Wildman–Crippen LogP) is 9.33. The van der Waals surface area contributed by atoms with Crippen LogP contribution in [0.4, 0.5) is 0 Å². The van der Waals surface area contributed by atoms with Crippen LogP contribution in [0, 0.1) is 0 Å². The molecule has 0 bridgehead atoms. The van der Waals surface area contributed by atoms with Crippen molar-refractivity contribution in [3.63, 3.8) is 0 Å². The molecule has 6 rings (SSSR count).